The largest absolute Gasteiger partial charge is 0.497 e. The zero-order chi connectivity index (χ0) is 19.1. The van der Waals surface area contributed by atoms with E-state index in [-0.39, 0.29) is 17.3 Å². The van der Waals surface area contributed by atoms with E-state index in [0.717, 1.165) is 24.2 Å². The molecule has 1 aliphatic heterocycles. The average molecular weight is 372 g/mol. The summed E-state index contributed by atoms with van der Waals surface area (Å²) in [6.45, 7) is 2.22. The smallest absolute Gasteiger partial charge is 0.315 e. The van der Waals surface area contributed by atoms with E-state index in [1.54, 1.807) is 19.2 Å². The molecule has 1 saturated heterocycles. The van der Waals surface area contributed by atoms with Crippen LogP contribution in [0.1, 0.15) is 24.0 Å². The van der Waals surface area contributed by atoms with Crippen LogP contribution in [0.3, 0.4) is 0 Å². The van der Waals surface area contributed by atoms with Gasteiger partial charge in [-0.25, -0.2) is 9.18 Å². The molecule has 2 aromatic rings. The van der Waals surface area contributed by atoms with Crippen LogP contribution in [0.25, 0.3) is 0 Å². The molecule has 0 aromatic heterocycles. The summed E-state index contributed by atoms with van der Waals surface area (Å²) in [5.41, 5.74) is 1.87. The number of carbonyl (C=O) groups is 1. The molecule has 0 atom stereocenters. The number of methoxy groups -OCH3 is 1. The summed E-state index contributed by atoms with van der Waals surface area (Å²) in [4.78, 5) is 12.3. The molecule has 0 spiro atoms. The minimum Gasteiger partial charge on any atom is -0.497 e. The Morgan fingerprint density at radius 2 is 1.74 bits per heavy atom. The number of urea groups is 1. The van der Waals surface area contributed by atoms with Crippen molar-refractivity contribution in [1.29, 1.82) is 0 Å². The first-order chi connectivity index (χ1) is 13.1. The highest BCUT2D eigenvalue weighted by Gasteiger charge is 2.34. The standard InChI is InChI=1S/C21H25FN2O3/c1-26-19-8-4-17(5-9-19)21(10-12-27-13-11-21)15-24-20(25)23-14-16-2-6-18(22)7-3-16/h2-9H,10-15H2,1H3,(H2,23,24,25). The number of halogens is 1. The molecule has 27 heavy (non-hydrogen) atoms. The van der Waals surface area contributed by atoms with Gasteiger partial charge in [0.2, 0.25) is 0 Å². The van der Waals surface area contributed by atoms with Gasteiger partial charge in [0.05, 0.1) is 7.11 Å². The highest BCUT2D eigenvalue weighted by Crippen LogP contribution is 2.35. The van der Waals surface area contributed by atoms with E-state index < -0.39 is 0 Å². The molecule has 3 rings (SSSR count). The Bertz CT molecular complexity index is 741. The highest BCUT2D eigenvalue weighted by molar-refractivity contribution is 5.74. The van der Waals surface area contributed by atoms with Crippen LogP contribution in [0.2, 0.25) is 0 Å². The molecule has 0 aliphatic carbocycles. The molecule has 2 aromatic carbocycles. The maximum absolute atomic E-state index is 12.9. The van der Waals surface area contributed by atoms with E-state index in [1.165, 1.54) is 17.7 Å². The zero-order valence-electron chi connectivity index (χ0n) is 15.5. The van der Waals surface area contributed by atoms with Crippen LogP contribution in [-0.2, 0) is 16.7 Å². The van der Waals surface area contributed by atoms with Crippen LogP contribution < -0.4 is 15.4 Å². The normalized spacial score (nSPS) is 15.8. The fraction of sp³-hybridized carbons (Fsp3) is 0.381. The van der Waals surface area contributed by atoms with Gasteiger partial charge in [-0.2, -0.15) is 0 Å². The van der Waals surface area contributed by atoms with Crippen LogP contribution in [-0.4, -0.2) is 32.9 Å². The molecule has 6 heteroatoms. The van der Waals surface area contributed by atoms with Gasteiger partial charge in [-0.05, 0) is 48.2 Å². The summed E-state index contributed by atoms with van der Waals surface area (Å²) in [6, 6.07) is 13.9. The van der Waals surface area contributed by atoms with Crippen LogP contribution in [0.4, 0.5) is 9.18 Å². The summed E-state index contributed by atoms with van der Waals surface area (Å²) < 4.78 is 23.7. The fourth-order valence-corrected chi connectivity index (χ4v) is 3.37. The molecule has 0 radical (unpaired) electrons. The number of ether oxygens (including phenoxy) is 2. The van der Waals surface area contributed by atoms with Crippen molar-refractivity contribution in [3.8, 4) is 5.75 Å². The number of nitrogens with one attached hydrogen (secondary N) is 2. The lowest BCUT2D eigenvalue weighted by Crippen LogP contribution is -2.47. The van der Waals surface area contributed by atoms with Gasteiger partial charge in [0, 0.05) is 31.7 Å². The van der Waals surface area contributed by atoms with Crippen molar-refractivity contribution in [2.45, 2.75) is 24.8 Å². The van der Waals surface area contributed by atoms with Crippen molar-refractivity contribution < 1.29 is 18.7 Å². The first-order valence-corrected chi connectivity index (χ1v) is 9.10. The Kier molecular flexibility index (Phi) is 6.29. The van der Waals surface area contributed by atoms with Crippen molar-refractivity contribution in [1.82, 2.24) is 10.6 Å². The average Bonchev–Trinajstić information content (AvgIpc) is 2.72. The number of amides is 2. The van der Waals surface area contributed by atoms with Gasteiger partial charge in [0.15, 0.2) is 0 Å². The predicted molar refractivity (Wildman–Crippen MR) is 101 cm³/mol. The molecule has 0 saturated carbocycles. The first-order valence-electron chi connectivity index (χ1n) is 9.10. The molecular formula is C21H25FN2O3. The number of benzene rings is 2. The monoisotopic (exact) mass is 372 g/mol. The maximum Gasteiger partial charge on any atom is 0.315 e. The molecule has 1 fully saturated rings. The topological polar surface area (TPSA) is 59.6 Å². The van der Waals surface area contributed by atoms with Crippen LogP contribution in [0, 0.1) is 5.82 Å². The van der Waals surface area contributed by atoms with Crippen LogP contribution in [0.5, 0.6) is 5.75 Å². The molecule has 144 valence electrons. The summed E-state index contributed by atoms with van der Waals surface area (Å²) in [5.74, 6) is 0.523. The number of rotatable bonds is 6. The summed E-state index contributed by atoms with van der Waals surface area (Å²) in [5, 5.41) is 5.81. The molecule has 2 amide bonds. The van der Waals surface area contributed by atoms with E-state index in [2.05, 4.69) is 22.8 Å². The fourth-order valence-electron chi connectivity index (χ4n) is 3.37. The van der Waals surface area contributed by atoms with Gasteiger partial charge in [0.25, 0.3) is 0 Å². The third-order valence-corrected chi connectivity index (χ3v) is 5.11. The van der Waals surface area contributed by atoms with E-state index in [9.17, 15) is 9.18 Å². The number of hydrogen-bond acceptors (Lipinski definition) is 3. The van der Waals surface area contributed by atoms with Gasteiger partial charge < -0.3 is 20.1 Å². The molecule has 0 unspecified atom stereocenters. The molecule has 5 nitrogen and oxygen atoms in total. The predicted octanol–water partition coefficient (Wildman–Crippen LogP) is 3.38. The first kappa shape index (κ1) is 19.2. The van der Waals surface area contributed by atoms with Crippen LogP contribution in [0.15, 0.2) is 48.5 Å². The van der Waals surface area contributed by atoms with Gasteiger partial charge in [-0.15, -0.1) is 0 Å². The second-order valence-corrected chi connectivity index (χ2v) is 6.78. The Balaban J connectivity index is 1.60. The minimum atomic E-state index is -0.288. The minimum absolute atomic E-state index is 0.155. The molecule has 0 bridgehead atoms. The molecule has 2 N–H and O–H groups in total. The highest BCUT2D eigenvalue weighted by atomic mass is 19.1. The summed E-state index contributed by atoms with van der Waals surface area (Å²) in [7, 11) is 1.65. The van der Waals surface area contributed by atoms with Gasteiger partial charge in [-0.3, -0.25) is 0 Å². The van der Waals surface area contributed by atoms with Crippen molar-refractivity contribution in [2.24, 2.45) is 0 Å². The quantitative estimate of drug-likeness (QED) is 0.817. The second-order valence-electron chi connectivity index (χ2n) is 6.78. The molecule has 1 aliphatic rings. The van der Waals surface area contributed by atoms with Gasteiger partial charge in [0.1, 0.15) is 11.6 Å². The zero-order valence-corrected chi connectivity index (χ0v) is 15.5. The lowest BCUT2D eigenvalue weighted by Gasteiger charge is -2.38. The Morgan fingerprint density at radius 3 is 2.37 bits per heavy atom. The van der Waals surface area contributed by atoms with Crippen molar-refractivity contribution in [3.63, 3.8) is 0 Å². The van der Waals surface area contributed by atoms with E-state index >= 15 is 0 Å². The van der Waals surface area contributed by atoms with E-state index in [4.69, 9.17) is 9.47 Å². The maximum atomic E-state index is 12.9. The number of carbonyl (C=O) groups excluding carboxylic acids is 1. The van der Waals surface area contributed by atoms with E-state index in [0.29, 0.717) is 26.3 Å². The summed E-state index contributed by atoms with van der Waals surface area (Å²) in [6.07, 6.45) is 1.69. The Labute approximate surface area is 158 Å². The van der Waals surface area contributed by atoms with Crippen LogP contribution >= 0.6 is 0 Å². The lowest BCUT2D eigenvalue weighted by atomic mass is 9.74. The molecular weight excluding hydrogens is 347 g/mol. The van der Waals surface area contributed by atoms with E-state index in [1.807, 2.05) is 12.1 Å². The van der Waals surface area contributed by atoms with Gasteiger partial charge in [-0.1, -0.05) is 24.3 Å². The Morgan fingerprint density at radius 1 is 1.07 bits per heavy atom. The van der Waals surface area contributed by atoms with Crippen molar-refractivity contribution in [3.05, 3.63) is 65.5 Å². The number of hydrogen-bond donors (Lipinski definition) is 2. The Hall–Kier alpha value is -2.60. The molecule has 1 heterocycles. The SMILES string of the molecule is COc1ccc(C2(CNC(=O)NCc3ccc(F)cc3)CCOCC2)cc1. The van der Waals surface area contributed by atoms with Crippen molar-refractivity contribution >= 4 is 6.03 Å². The van der Waals surface area contributed by atoms with Crippen molar-refractivity contribution in [2.75, 3.05) is 26.9 Å². The lowest BCUT2D eigenvalue weighted by molar-refractivity contribution is 0.0506. The second kappa shape index (κ2) is 8.86. The third-order valence-electron chi connectivity index (χ3n) is 5.11. The van der Waals surface area contributed by atoms with Gasteiger partial charge >= 0.3 is 6.03 Å². The summed E-state index contributed by atoms with van der Waals surface area (Å²) >= 11 is 0. The third kappa shape index (κ3) is 4.98.